The summed E-state index contributed by atoms with van der Waals surface area (Å²) in [5.74, 6) is 0.819. The molecule has 148 valence electrons. The van der Waals surface area contributed by atoms with Crippen molar-refractivity contribution in [2.24, 2.45) is 10.7 Å². The molecule has 0 heterocycles. The van der Waals surface area contributed by atoms with Crippen LogP contribution >= 0.6 is 47.2 Å². The maximum Gasteiger partial charge on any atom is 0.200 e. The standard InChI is InChI=1S/C18H21Cl2N3O3.HI/c1-10(13-5-4-12(19)8-14(13)20)23-18(21)22-9-11-6-15(25-2)17(24)16(7-11)26-3;/h4-8,10,24H,9H2,1-3H3,(H3,21,22,23);1H. The Kier molecular flexibility index (Phi) is 9.28. The maximum atomic E-state index is 9.94. The summed E-state index contributed by atoms with van der Waals surface area (Å²) in [5.41, 5.74) is 7.61. The highest BCUT2D eigenvalue weighted by Crippen LogP contribution is 2.37. The Hall–Kier alpha value is -1.58. The molecule has 2 rings (SSSR count). The molecule has 0 saturated heterocycles. The number of methoxy groups -OCH3 is 2. The molecule has 0 radical (unpaired) electrons. The van der Waals surface area contributed by atoms with E-state index in [4.69, 9.17) is 38.4 Å². The van der Waals surface area contributed by atoms with Gasteiger partial charge >= 0.3 is 0 Å². The van der Waals surface area contributed by atoms with Gasteiger partial charge in [0.1, 0.15) is 0 Å². The smallest absolute Gasteiger partial charge is 0.200 e. The summed E-state index contributed by atoms with van der Waals surface area (Å²) in [4.78, 5) is 4.31. The van der Waals surface area contributed by atoms with Gasteiger partial charge in [-0.15, -0.1) is 24.0 Å². The Bertz CT molecular complexity index is 793. The number of ether oxygens (including phenoxy) is 2. The summed E-state index contributed by atoms with van der Waals surface area (Å²) < 4.78 is 10.3. The molecular formula is C18H22Cl2IN3O3. The van der Waals surface area contributed by atoms with Crippen LogP contribution in [-0.4, -0.2) is 25.3 Å². The SMILES string of the molecule is COc1cc(CN=C(N)NC(C)c2ccc(Cl)cc2Cl)cc(OC)c1O.I. The first kappa shape index (κ1) is 23.5. The van der Waals surface area contributed by atoms with Crippen LogP contribution in [0.2, 0.25) is 10.0 Å². The normalized spacial score (nSPS) is 12.1. The van der Waals surface area contributed by atoms with E-state index in [0.717, 1.165) is 11.1 Å². The van der Waals surface area contributed by atoms with Gasteiger partial charge in [0.25, 0.3) is 0 Å². The van der Waals surface area contributed by atoms with Crippen molar-refractivity contribution in [1.82, 2.24) is 5.32 Å². The summed E-state index contributed by atoms with van der Waals surface area (Å²) in [6, 6.07) is 8.49. The first-order valence-corrected chi connectivity index (χ1v) is 8.56. The number of nitrogens with one attached hydrogen (secondary N) is 1. The number of rotatable bonds is 6. The third-order valence-electron chi connectivity index (χ3n) is 3.76. The molecule has 0 bridgehead atoms. The van der Waals surface area contributed by atoms with Crippen LogP contribution in [0.15, 0.2) is 35.3 Å². The summed E-state index contributed by atoms with van der Waals surface area (Å²) in [7, 11) is 2.93. The van der Waals surface area contributed by atoms with Gasteiger partial charge in [0.15, 0.2) is 17.5 Å². The minimum Gasteiger partial charge on any atom is -0.502 e. The van der Waals surface area contributed by atoms with Gasteiger partial charge in [0.2, 0.25) is 5.75 Å². The van der Waals surface area contributed by atoms with Gasteiger partial charge in [-0.2, -0.15) is 0 Å². The van der Waals surface area contributed by atoms with Crippen molar-refractivity contribution >= 4 is 53.1 Å². The molecule has 0 spiro atoms. The molecule has 0 aliphatic heterocycles. The molecule has 6 nitrogen and oxygen atoms in total. The lowest BCUT2D eigenvalue weighted by Crippen LogP contribution is -2.34. The molecule has 1 unspecified atom stereocenters. The van der Waals surface area contributed by atoms with Gasteiger partial charge < -0.3 is 25.6 Å². The predicted molar refractivity (Wildman–Crippen MR) is 120 cm³/mol. The van der Waals surface area contributed by atoms with Crippen molar-refractivity contribution < 1.29 is 14.6 Å². The second-order valence-electron chi connectivity index (χ2n) is 5.58. The molecule has 2 aromatic carbocycles. The zero-order chi connectivity index (χ0) is 19.3. The van der Waals surface area contributed by atoms with Crippen LogP contribution in [0.25, 0.3) is 0 Å². The Balaban J connectivity index is 0.00000364. The van der Waals surface area contributed by atoms with E-state index in [1.54, 1.807) is 24.3 Å². The lowest BCUT2D eigenvalue weighted by atomic mass is 10.1. The highest BCUT2D eigenvalue weighted by molar-refractivity contribution is 14.0. The Labute approximate surface area is 185 Å². The minimum absolute atomic E-state index is 0. The highest BCUT2D eigenvalue weighted by atomic mass is 127. The number of phenolic OH excluding ortho intramolecular Hbond substituents is 1. The second kappa shape index (κ2) is 10.7. The predicted octanol–water partition coefficient (Wildman–Crippen LogP) is 4.50. The first-order valence-electron chi connectivity index (χ1n) is 7.81. The molecule has 9 heteroatoms. The van der Waals surface area contributed by atoms with Crippen LogP contribution in [0.3, 0.4) is 0 Å². The summed E-state index contributed by atoms with van der Waals surface area (Å²) in [5, 5.41) is 14.1. The van der Waals surface area contributed by atoms with E-state index in [-0.39, 0.29) is 48.3 Å². The number of aliphatic imine (C=N–C) groups is 1. The number of aromatic hydroxyl groups is 1. The van der Waals surface area contributed by atoms with E-state index in [2.05, 4.69) is 10.3 Å². The highest BCUT2D eigenvalue weighted by Gasteiger charge is 2.12. The van der Waals surface area contributed by atoms with Crippen molar-refractivity contribution in [2.75, 3.05) is 14.2 Å². The maximum absolute atomic E-state index is 9.94. The molecular weight excluding hydrogens is 504 g/mol. The van der Waals surface area contributed by atoms with Crippen molar-refractivity contribution in [2.45, 2.75) is 19.5 Å². The van der Waals surface area contributed by atoms with E-state index in [9.17, 15) is 5.11 Å². The van der Waals surface area contributed by atoms with Crippen molar-refractivity contribution in [3.05, 3.63) is 51.5 Å². The van der Waals surface area contributed by atoms with E-state index < -0.39 is 0 Å². The van der Waals surface area contributed by atoms with Gasteiger partial charge in [-0.25, -0.2) is 4.99 Å². The molecule has 0 amide bonds. The number of hydrogen-bond acceptors (Lipinski definition) is 4. The molecule has 2 aromatic rings. The van der Waals surface area contributed by atoms with Gasteiger partial charge in [0, 0.05) is 10.0 Å². The van der Waals surface area contributed by atoms with Gasteiger partial charge in [-0.05, 0) is 42.3 Å². The minimum atomic E-state index is -0.146. The third-order valence-corrected chi connectivity index (χ3v) is 4.33. The largest absolute Gasteiger partial charge is 0.502 e. The Morgan fingerprint density at radius 2 is 1.78 bits per heavy atom. The summed E-state index contributed by atoms with van der Waals surface area (Å²) in [6.07, 6.45) is 0. The fourth-order valence-electron chi connectivity index (χ4n) is 2.41. The summed E-state index contributed by atoms with van der Waals surface area (Å²) in [6.45, 7) is 2.21. The van der Waals surface area contributed by atoms with Crippen LogP contribution in [0.4, 0.5) is 0 Å². The van der Waals surface area contributed by atoms with Crippen LogP contribution in [-0.2, 0) is 6.54 Å². The number of hydrogen-bond donors (Lipinski definition) is 3. The molecule has 27 heavy (non-hydrogen) atoms. The fourth-order valence-corrected chi connectivity index (χ4v) is 2.99. The molecule has 0 aliphatic carbocycles. The molecule has 0 saturated carbocycles. The van der Waals surface area contributed by atoms with Gasteiger partial charge in [-0.3, -0.25) is 0 Å². The molecule has 0 fully saturated rings. The molecule has 0 aromatic heterocycles. The Morgan fingerprint density at radius 3 is 2.30 bits per heavy atom. The first-order chi connectivity index (χ1) is 12.3. The van der Waals surface area contributed by atoms with Gasteiger partial charge in [0.05, 0.1) is 26.8 Å². The van der Waals surface area contributed by atoms with Crippen molar-refractivity contribution in [1.29, 1.82) is 0 Å². The van der Waals surface area contributed by atoms with Crippen LogP contribution < -0.4 is 20.5 Å². The number of nitrogens with zero attached hydrogens (tertiary/aromatic N) is 1. The zero-order valence-corrected chi connectivity index (χ0v) is 19.0. The van der Waals surface area contributed by atoms with E-state index in [0.29, 0.717) is 21.5 Å². The second-order valence-corrected chi connectivity index (χ2v) is 6.43. The quantitative estimate of drug-likeness (QED) is 0.293. The number of benzene rings is 2. The van der Waals surface area contributed by atoms with Crippen LogP contribution in [0.5, 0.6) is 17.2 Å². The number of phenols is 1. The summed E-state index contributed by atoms with van der Waals surface area (Å²) >= 11 is 12.1. The number of nitrogens with two attached hydrogens (primary N) is 1. The van der Waals surface area contributed by atoms with Crippen molar-refractivity contribution in [3.8, 4) is 17.2 Å². The topological polar surface area (TPSA) is 89.1 Å². The van der Waals surface area contributed by atoms with Gasteiger partial charge in [-0.1, -0.05) is 29.3 Å². The van der Waals surface area contributed by atoms with E-state index >= 15 is 0 Å². The molecule has 1 atom stereocenters. The lowest BCUT2D eigenvalue weighted by molar-refractivity contribution is 0.339. The van der Waals surface area contributed by atoms with E-state index in [1.807, 2.05) is 13.0 Å². The average molecular weight is 526 g/mol. The number of halogens is 3. The lowest BCUT2D eigenvalue weighted by Gasteiger charge is -2.16. The van der Waals surface area contributed by atoms with E-state index in [1.165, 1.54) is 14.2 Å². The Morgan fingerprint density at radius 1 is 1.19 bits per heavy atom. The fraction of sp³-hybridized carbons (Fsp3) is 0.278. The van der Waals surface area contributed by atoms with Crippen LogP contribution in [0, 0.1) is 0 Å². The zero-order valence-electron chi connectivity index (χ0n) is 15.1. The van der Waals surface area contributed by atoms with Crippen molar-refractivity contribution in [3.63, 3.8) is 0 Å². The molecule has 4 N–H and O–H groups in total. The van der Waals surface area contributed by atoms with Crippen LogP contribution in [0.1, 0.15) is 24.1 Å². The average Bonchev–Trinajstić information content (AvgIpc) is 2.60. The molecule has 0 aliphatic rings. The third kappa shape index (κ3) is 6.22. The monoisotopic (exact) mass is 525 g/mol. The number of guanidine groups is 1.